The Morgan fingerprint density at radius 3 is 2.85 bits per heavy atom. The van der Waals surface area contributed by atoms with Gasteiger partial charge in [-0.15, -0.1) is 0 Å². The minimum Gasteiger partial charge on any atom is -0.391 e. The highest BCUT2D eigenvalue weighted by molar-refractivity contribution is 6.07. The van der Waals surface area contributed by atoms with Crippen LogP contribution in [0.1, 0.15) is 23.7 Å². The molecule has 0 spiro atoms. The van der Waals surface area contributed by atoms with Crippen molar-refractivity contribution in [3.05, 3.63) is 36.0 Å². The third-order valence-corrected chi connectivity index (χ3v) is 4.33. The molecule has 1 aromatic heterocycles. The molecule has 0 bridgehead atoms. The highest BCUT2D eigenvalue weighted by Gasteiger charge is 2.29. The molecule has 1 aromatic carbocycles. The van der Waals surface area contributed by atoms with Gasteiger partial charge in [0.25, 0.3) is 5.91 Å². The molecule has 3 rings (SSSR count). The second-order valence-electron chi connectivity index (χ2n) is 5.76. The predicted molar refractivity (Wildman–Crippen MR) is 78.6 cm³/mol. The van der Waals surface area contributed by atoms with E-state index >= 15 is 0 Å². The Balaban J connectivity index is 1.93. The molecule has 2 atom stereocenters. The van der Waals surface area contributed by atoms with Gasteiger partial charge in [-0.3, -0.25) is 4.79 Å². The Labute approximate surface area is 118 Å². The number of nitrogens with zero attached hydrogens (tertiary/aromatic N) is 2. The zero-order valence-electron chi connectivity index (χ0n) is 11.9. The summed E-state index contributed by atoms with van der Waals surface area (Å²) >= 11 is 0. The van der Waals surface area contributed by atoms with Crippen molar-refractivity contribution in [2.75, 3.05) is 13.1 Å². The van der Waals surface area contributed by atoms with Gasteiger partial charge in [-0.05, 0) is 18.4 Å². The fraction of sp³-hybridized carbons (Fsp3) is 0.438. The van der Waals surface area contributed by atoms with E-state index < -0.39 is 6.10 Å². The van der Waals surface area contributed by atoms with Gasteiger partial charge in [0.1, 0.15) is 0 Å². The Morgan fingerprint density at radius 2 is 2.10 bits per heavy atom. The van der Waals surface area contributed by atoms with E-state index in [4.69, 9.17) is 0 Å². The summed E-state index contributed by atoms with van der Waals surface area (Å²) in [5.41, 5.74) is 1.78. The van der Waals surface area contributed by atoms with Crippen LogP contribution in [0.15, 0.2) is 30.5 Å². The summed E-state index contributed by atoms with van der Waals surface area (Å²) in [6.45, 7) is 3.19. The van der Waals surface area contributed by atoms with E-state index in [2.05, 4.69) is 0 Å². The number of hydrogen-bond donors (Lipinski definition) is 1. The maximum atomic E-state index is 12.7. The molecule has 2 heterocycles. The summed E-state index contributed by atoms with van der Waals surface area (Å²) in [6, 6.07) is 7.92. The molecule has 1 saturated heterocycles. The lowest BCUT2D eigenvalue weighted by molar-refractivity contribution is 0.0250. The predicted octanol–water partition coefficient (Wildman–Crippen LogP) is 2.02. The van der Waals surface area contributed by atoms with Crippen LogP contribution in [0, 0.1) is 5.92 Å². The maximum absolute atomic E-state index is 12.7. The molecule has 1 aliphatic rings. The quantitative estimate of drug-likeness (QED) is 0.863. The SMILES string of the molecule is CC1CCN(C(=O)c2cn(C)c3ccccc23)CC1O. The van der Waals surface area contributed by atoms with Gasteiger partial charge in [0.2, 0.25) is 0 Å². The molecule has 1 fully saturated rings. The third kappa shape index (κ3) is 2.10. The fourth-order valence-electron chi connectivity index (χ4n) is 2.92. The number of β-amino-alcohol motifs (C(OH)–C–C–N with tert-alkyl or cyclic N) is 1. The molecular formula is C16H20N2O2. The Morgan fingerprint density at radius 1 is 1.35 bits per heavy atom. The molecule has 2 unspecified atom stereocenters. The number of piperidine rings is 1. The molecule has 0 saturated carbocycles. The molecule has 4 nitrogen and oxygen atoms in total. The van der Waals surface area contributed by atoms with Crippen LogP contribution in [0.25, 0.3) is 10.9 Å². The molecule has 20 heavy (non-hydrogen) atoms. The first kappa shape index (κ1) is 13.2. The lowest BCUT2D eigenvalue weighted by Crippen LogP contribution is -2.45. The standard InChI is InChI=1S/C16H20N2O2/c1-11-7-8-18(10-15(11)19)16(20)13-9-17(2)14-6-4-3-5-12(13)14/h3-6,9,11,15,19H,7-8,10H2,1-2H3. The lowest BCUT2D eigenvalue weighted by atomic mass is 9.95. The van der Waals surface area contributed by atoms with Crippen molar-refractivity contribution in [3.63, 3.8) is 0 Å². The first-order valence-electron chi connectivity index (χ1n) is 7.09. The monoisotopic (exact) mass is 272 g/mol. The molecule has 4 heteroatoms. The first-order chi connectivity index (χ1) is 9.58. The number of aryl methyl sites for hydroxylation is 1. The number of likely N-dealkylation sites (tertiary alicyclic amines) is 1. The van der Waals surface area contributed by atoms with Crippen LogP contribution in [-0.2, 0) is 7.05 Å². The number of aliphatic hydroxyl groups is 1. The van der Waals surface area contributed by atoms with Gasteiger partial charge in [0.05, 0.1) is 11.7 Å². The molecule has 106 valence electrons. The smallest absolute Gasteiger partial charge is 0.256 e. The number of amides is 1. The van der Waals surface area contributed by atoms with Crippen molar-refractivity contribution < 1.29 is 9.90 Å². The van der Waals surface area contributed by atoms with E-state index in [1.807, 2.05) is 49.0 Å². The number of aliphatic hydroxyl groups excluding tert-OH is 1. The zero-order valence-corrected chi connectivity index (χ0v) is 11.9. The number of carbonyl (C=O) groups excluding carboxylic acids is 1. The largest absolute Gasteiger partial charge is 0.391 e. The number of aromatic nitrogens is 1. The van der Waals surface area contributed by atoms with E-state index in [1.165, 1.54) is 0 Å². The number of rotatable bonds is 1. The van der Waals surface area contributed by atoms with Gasteiger partial charge < -0.3 is 14.6 Å². The molecule has 1 amide bonds. The summed E-state index contributed by atoms with van der Waals surface area (Å²) in [5, 5.41) is 10.9. The number of hydrogen-bond acceptors (Lipinski definition) is 2. The van der Waals surface area contributed by atoms with E-state index in [0.29, 0.717) is 6.54 Å². The Kier molecular flexibility index (Phi) is 3.26. The van der Waals surface area contributed by atoms with Crippen molar-refractivity contribution in [1.82, 2.24) is 9.47 Å². The van der Waals surface area contributed by atoms with Gasteiger partial charge in [0, 0.05) is 37.2 Å². The van der Waals surface area contributed by atoms with Crippen LogP contribution >= 0.6 is 0 Å². The number of para-hydroxylation sites is 1. The average molecular weight is 272 g/mol. The van der Waals surface area contributed by atoms with Crippen molar-refractivity contribution in [2.24, 2.45) is 13.0 Å². The Bertz CT molecular complexity index is 647. The molecular weight excluding hydrogens is 252 g/mol. The lowest BCUT2D eigenvalue weighted by Gasteiger charge is -2.34. The summed E-state index contributed by atoms with van der Waals surface area (Å²) in [6.07, 6.45) is 2.33. The van der Waals surface area contributed by atoms with Gasteiger partial charge in [-0.25, -0.2) is 0 Å². The van der Waals surface area contributed by atoms with Crippen LogP contribution in [-0.4, -0.2) is 39.7 Å². The van der Waals surface area contributed by atoms with Crippen LogP contribution < -0.4 is 0 Å². The molecule has 1 aliphatic heterocycles. The molecule has 1 N–H and O–H groups in total. The fourth-order valence-corrected chi connectivity index (χ4v) is 2.92. The van der Waals surface area contributed by atoms with Crippen LogP contribution in [0.3, 0.4) is 0 Å². The van der Waals surface area contributed by atoms with Crippen molar-refractivity contribution in [3.8, 4) is 0 Å². The van der Waals surface area contributed by atoms with E-state index in [-0.39, 0.29) is 11.8 Å². The van der Waals surface area contributed by atoms with Gasteiger partial charge in [-0.1, -0.05) is 25.1 Å². The van der Waals surface area contributed by atoms with Crippen molar-refractivity contribution in [1.29, 1.82) is 0 Å². The summed E-state index contributed by atoms with van der Waals surface area (Å²) in [5.74, 6) is 0.291. The number of carbonyl (C=O) groups is 1. The second-order valence-corrected chi connectivity index (χ2v) is 5.76. The van der Waals surface area contributed by atoms with Gasteiger partial charge in [-0.2, -0.15) is 0 Å². The van der Waals surface area contributed by atoms with E-state index in [0.717, 1.165) is 29.4 Å². The number of fused-ring (bicyclic) bond motifs is 1. The zero-order chi connectivity index (χ0) is 14.3. The first-order valence-corrected chi connectivity index (χ1v) is 7.09. The van der Waals surface area contributed by atoms with E-state index in [9.17, 15) is 9.90 Å². The van der Waals surface area contributed by atoms with Gasteiger partial charge >= 0.3 is 0 Å². The summed E-state index contributed by atoms with van der Waals surface area (Å²) in [7, 11) is 1.95. The topological polar surface area (TPSA) is 45.5 Å². The van der Waals surface area contributed by atoms with Crippen molar-refractivity contribution in [2.45, 2.75) is 19.4 Å². The highest BCUT2D eigenvalue weighted by Crippen LogP contribution is 2.24. The minimum atomic E-state index is -0.414. The van der Waals surface area contributed by atoms with Crippen LogP contribution in [0.4, 0.5) is 0 Å². The normalized spacial score (nSPS) is 23.2. The Hall–Kier alpha value is -1.81. The maximum Gasteiger partial charge on any atom is 0.256 e. The van der Waals surface area contributed by atoms with Crippen LogP contribution in [0.2, 0.25) is 0 Å². The highest BCUT2D eigenvalue weighted by atomic mass is 16.3. The number of benzene rings is 1. The second kappa shape index (κ2) is 4.94. The van der Waals surface area contributed by atoms with Gasteiger partial charge in [0.15, 0.2) is 0 Å². The van der Waals surface area contributed by atoms with E-state index in [1.54, 1.807) is 4.90 Å². The third-order valence-electron chi connectivity index (χ3n) is 4.33. The summed E-state index contributed by atoms with van der Waals surface area (Å²) in [4.78, 5) is 14.5. The minimum absolute atomic E-state index is 0.0211. The van der Waals surface area contributed by atoms with Crippen LogP contribution in [0.5, 0.6) is 0 Å². The molecule has 2 aromatic rings. The molecule has 0 aliphatic carbocycles. The molecule has 0 radical (unpaired) electrons. The van der Waals surface area contributed by atoms with Crippen molar-refractivity contribution >= 4 is 16.8 Å². The summed E-state index contributed by atoms with van der Waals surface area (Å²) < 4.78 is 1.98. The average Bonchev–Trinajstić information content (AvgIpc) is 2.79.